The van der Waals surface area contributed by atoms with Gasteiger partial charge in [-0.1, -0.05) is 66.7 Å². The zero-order chi connectivity index (χ0) is 36.4. The standard InChI is InChI=1S/C38H47N5O7/c1-24-11-8-9-14-27(24)23-30(34(46)40-29(33(39)45)21-25-12-6-5-7-13-25)41-35(47)32-15-10-20-43(32)36(48)31(42-37(49)50-38(2,3)4)22-26-16-18-28(44)19-17-26/h5-9,11-14,16-19,29-32,44H,10,15,20-23H2,1-4H3,(H2,39,45)(H,40,46)(H,41,47)(H,42,49)/t29-,30-,31-,32-/m0/s1. The Morgan fingerprint density at radius 3 is 2.08 bits per heavy atom. The van der Waals surface area contributed by atoms with E-state index < -0.39 is 59.5 Å². The number of amides is 5. The number of hydrogen-bond donors (Lipinski definition) is 5. The number of hydrogen-bond acceptors (Lipinski definition) is 7. The molecule has 12 nitrogen and oxygen atoms in total. The van der Waals surface area contributed by atoms with Gasteiger partial charge in [0.2, 0.25) is 23.6 Å². The average molecular weight is 686 g/mol. The Hall–Kier alpha value is -5.39. The summed E-state index contributed by atoms with van der Waals surface area (Å²) < 4.78 is 5.43. The van der Waals surface area contributed by atoms with Gasteiger partial charge in [-0.25, -0.2) is 4.79 Å². The third-order valence-electron chi connectivity index (χ3n) is 8.46. The summed E-state index contributed by atoms with van der Waals surface area (Å²) in [6.45, 7) is 7.29. The van der Waals surface area contributed by atoms with Gasteiger partial charge in [-0.05, 0) is 74.9 Å². The van der Waals surface area contributed by atoms with Crippen molar-refractivity contribution in [3.05, 3.63) is 101 Å². The molecule has 4 atom stereocenters. The monoisotopic (exact) mass is 685 g/mol. The Morgan fingerprint density at radius 2 is 1.44 bits per heavy atom. The van der Waals surface area contributed by atoms with Gasteiger partial charge in [0.25, 0.3) is 0 Å². The molecule has 5 amide bonds. The van der Waals surface area contributed by atoms with Crippen molar-refractivity contribution in [2.24, 2.45) is 5.73 Å². The summed E-state index contributed by atoms with van der Waals surface area (Å²) in [4.78, 5) is 68.5. The number of carbonyl (C=O) groups excluding carboxylic acids is 5. The van der Waals surface area contributed by atoms with E-state index >= 15 is 0 Å². The quantitative estimate of drug-likeness (QED) is 0.183. The molecule has 266 valence electrons. The minimum Gasteiger partial charge on any atom is -0.508 e. The molecule has 0 radical (unpaired) electrons. The molecule has 0 aromatic heterocycles. The van der Waals surface area contributed by atoms with Crippen LogP contribution in [0.4, 0.5) is 4.79 Å². The summed E-state index contributed by atoms with van der Waals surface area (Å²) in [6, 6.07) is 18.8. The Labute approximate surface area is 292 Å². The summed E-state index contributed by atoms with van der Waals surface area (Å²) in [5.41, 5.74) is 8.09. The molecule has 50 heavy (non-hydrogen) atoms. The third-order valence-corrected chi connectivity index (χ3v) is 8.46. The third kappa shape index (κ3) is 10.8. The van der Waals surface area contributed by atoms with Crippen LogP contribution in [0.25, 0.3) is 0 Å². The molecule has 1 aliphatic rings. The first kappa shape index (κ1) is 37.4. The zero-order valence-electron chi connectivity index (χ0n) is 29.0. The van der Waals surface area contributed by atoms with Crippen LogP contribution in [0.3, 0.4) is 0 Å². The molecular formula is C38H47N5O7. The number of rotatable bonds is 13. The second-order valence-corrected chi connectivity index (χ2v) is 13.6. The van der Waals surface area contributed by atoms with E-state index in [0.717, 1.165) is 16.7 Å². The molecule has 0 spiro atoms. The van der Waals surface area contributed by atoms with Crippen LogP contribution in [-0.2, 0) is 43.2 Å². The van der Waals surface area contributed by atoms with Gasteiger partial charge in [0.1, 0.15) is 35.5 Å². The van der Waals surface area contributed by atoms with Crippen LogP contribution in [0.5, 0.6) is 5.75 Å². The lowest BCUT2D eigenvalue weighted by atomic mass is 9.99. The highest BCUT2D eigenvalue weighted by molar-refractivity contribution is 5.95. The first-order chi connectivity index (χ1) is 23.7. The van der Waals surface area contributed by atoms with E-state index in [2.05, 4.69) is 16.0 Å². The van der Waals surface area contributed by atoms with Crippen molar-refractivity contribution in [2.45, 2.75) is 89.6 Å². The van der Waals surface area contributed by atoms with Gasteiger partial charge in [-0.3, -0.25) is 19.2 Å². The number of phenolic OH excluding ortho intramolecular Hbond substituents is 1. The van der Waals surface area contributed by atoms with E-state index in [-0.39, 0.29) is 31.6 Å². The number of phenols is 1. The maximum Gasteiger partial charge on any atom is 0.408 e. The summed E-state index contributed by atoms with van der Waals surface area (Å²) >= 11 is 0. The number of nitrogens with two attached hydrogens (primary N) is 1. The fraction of sp³-hybridized carbons (Fsp3) is 0.395. The number of benzene rings is 3. The van der Waals surface area contributed by atoms with E-state index in [1.165, 1.54) is 17.0 Å². The van der Waals surface area contributed by atoms with Crippen molar-refractivity contribution in [3.8, 4) is 5.75 Å². The minimum atomic E-state index is -1.09. The predicted octanol–water partition coefficient (Wildman–Crippen LogP) is 3.07. The van der Waals surface area contributed by atoms with Crippen molar-refractivity contribution in [1.29, 1.82) is 0 Å². The molecule has 3 aromatic rings. The number of aryl methyl sites for hydroxylation is 1. The van der Waals surface area contributed by atoms with E-state index in [0.29, 0.717) is 18.4 Å². The van der Waals surface area contributed by atoms with E-state index in [4.69, 9.17) is 10.5 Å². The molecule has 12 heteroatoms. The molecule has 0 bridgehead atoms. The lowest BCUT2D eigenvalue weighted by Crippen LogP contribution is -2.58. The molecule has 1 heterocycles. The number of nitrogens with one attached hydrogen (secondary N) is 3. The average Bonchev–Trinajstić information content (AvgIpc) is 3.55. The highest BCUT2D eigenvalue weighted by Crippen LogP contribution is 2.22. The lowest BCUT2D eigenvalue weighted by molar-refractivity contribution is -0.141. The van der Waals surface area contributed by atoms with Gasteiger partial charge in [0.15, 0.2) is 0 Å². The van der Waals surface area contributed by atoms with Crippen molar-refractivity contribution in [3.63, 3.8) is 0 Å². The van der Waals surface area contributed by atoms with Crippen LogP contribution in [0.2, 0.25) is 0 Å². The molecule has 0 unspecified atom stereocenters. The second-order valence-electron chi connectivity index (χ2n) is 13.6. The van der Waals surface area contributed by atoms with Gasteiger partial charge < -0.3 is 36.4 Å². The second kappa shape index (κ2) is 16.8. The number of alkyl carbamates (subject to hydrolysis) is 1. The number of primary amides is 1. The zero-order valence-corrected chi connectivity index (χ0v) is 29.0. The Bertz CT molecular complexity index is 1660. The predicted molar refractivity (Wildman–Crippen MR) is 188 cm³/mol. The van der Waals surface area contributed by atoms with Gasteiger partial charge in [-0.15, -0.1) is 0 Å². The first-order valence-electron chi connectivity index (χ1n) is 16.8. The Kier molecular flexibility index (Phi) is 12.6. The fourth-order valence-corrected chi connectivity index (χ4v) is 5.90. The fourth-order valence-electron chi connectivity index (χ4n) is 5.90. The maximum absolute atomic E-state index is 14.1. The van der Waals surface area contributed by atoms with Crippen LogP contribution < -0.4 is 21.7 Å². The first-order valence-corrected chi connectivity index (χ1v) is 16.8. The largest absolute Gasteiger partial charge is 0.508 e. The normalized spacial score (nSPS) is 16.1. The van der Waals surface area contributed by atoms with Crippen molar-refractivity contribution in [1.82, 2.24) is 20.9 Å². The number of carbonyl (C=O) groups is 5. The topological polar surface area (TPSA) is 180 Å². The molecular weight excluding hydrogens is 638 g/mol. The summed E-state index contributed by atoms with van der Waals surface area (Å²) in [6.07, 6.45) is 0.460. The van der Waals surface area contributed by atoms with Crippen molar-refractivity contribution in [2.75, 3.05) is 6.54 Å². The number of likely N-dealkylation sites (tertiary alicyclic amines) is 1. The number of ether oxygens (including phenoxy) is 1. The minimum absolute atomic E-state index is 0.0551. The molecule has 0 saturated carbocycles. The van der Waals surface area contributed by atoms with Crippen LogP contribution in [-0.4, -0.2) is 76.0 Å². The highest BCUT2D eigenvalue weighted by Gasteiger charge is 2.39. The van der Waals surface area contributed by atoms with Crippen molar-refractivity contribution >= 4 is 29.7 Å². The van der Waals surface area contributed by atoms with Gasteiger partial charge in [0.05, 0.1) is 0 Å². The number of nitrogens with zero attached hydrogens (tertiary/aromatic N) is 1. The number of aromatic hydroxyl groups is 1. The van der Waals surface area contributed by atoms with Gasteiger partial charge >= 0.3 is 6.09 Å². The molecule has 0 aliphatic carbocycles. The Morgan fingerprint density at radius 1 is 0.820 bits per heavy atom. The van der Waals surface area contributed by atoms with Crippen LogP contribution >= 0.6 is 0 Å². The molecule has 4 rings (SSSR count). The van der Waals surface area contributed by atoms with Gasteiger partial charge in [-0.2, -0.15) is 0 Å². The molecule has 3 aromatic carbocycles. The van der Waals surface area contributed by atoms with E-state index in [1.807, 2.05) is 61.5 Å². The summed E-state index contributed by atoms with van der Waals surface area (Å²) in [7, 11) is 0. The van der Waals surface area contributed by atoms with E-state index in [9.17, 15) is 29.1 Å². The van der Waals surface area contributed by atoms with Crippen LogP contribution in [0.15, 0.2) is 78.9 Å². The summed E-state index contributed by atoms with van der Waals surface area (Å²) in [5.74, 6) is -2.27. The smallest absolute Gasteiger partial charge is 0.408 e. The molecule has 1 saturated heterocycles. The SMILES string of the molecule is Cc1ccccc1C[C@H](NC(=O)[C@@H]1CCCN1C(=O)[C@H](Cc1ccc(O)cc1)NC(=O)OC(C)(C)C)C(=O)N[C@@H](Cc1ccccc1)C(N)=O. The van der Waals surface area contributed by atoms with Crippen LogP contribution in [0, 0.1) is 6.92 Å². The van der Waals surface area contributed by atoms with E-state index in [1.54, 1.807) is 32.9 Å². The molecule has 1 fully saturated rings. The van der Waals surface area contributed by atoms with Crippen molar-refractivity contribution < 1.29 is 33.8 Å². The lowest BCUT2D eigenvalue weighted by Gasteiger charge is -2.31. The summed E-state index contributed by atoms with van der Waals surface area (Å²) in [5, 5.41) is 18.0. The molecule has 1 aliphatic heterocycles. The Balaban J connectivity index is 1.55. The maximum atomic E-state index is 14.1. The highest BCUT2D eigenvalue weighted by atomic mass is 16.6. The molecule has 6 N–H and O–H groups in total. The van der Waals surface area contributed by atoms with Crippen LogP contribution in [0.1, 0.15) is 55.9 Å². The van der Waals surface area contributed by atoms with Gasteiger partial charge in [0, 0.05) is 25.8 Å².